The fourth-order valence-electron chi connectivity index (χ4n) is 1.32. The van der Waals surface area contributed by atoms with Crippen molar-refractivity contribution in [3.63, 3.8) is 0 Å². The van der Waals surface area contributed by atoms with Gasteiger partial charge in [-0.2, -0.15) is 5.06 Å². The molecule has 2 atom stereocenters. The first-order valence-corrected chi connectivity index (χ1v) is 3.47. The quantitative estimate of drug-likeness (QED) is 0.454. The number of carbonyl (C=O) groups is 1. The molecule has 0 radical (unpaired) electrons. The van der Waals surface area contributed by atoms with E-state index in [9.17, 15) is 9.90 Å². The number of likely N-dealkylation sites (N-methyl/N-ethyl adjacent to an activating group) is 1. The third-order valence-corrected chi connectivity index (χ3v) is 1.94. The fraction of sp³-hybridized carbons (Fsp3) is 0.833. The van der Waals surface area contributed by atoms with Gasteiger partial charge in [0, 0.05) is 0 Å². The lowest BCUT2D eigenvalue weighted by molar-refractivity contribution is -1.09. The van der Waals surface area contributed by atoms with Gasteiger partial charge in [0.1, 0.15) is 12.5 Å². The van der Waals surface area contributed by atoms with Crippen LogP contribution in [0.25, 0.3) is 0 Å². The molecule has 5 nitrogen and oxygen atoms in total. The molecule has 1 N–H and O–H groups in total. The molecule has 0 amide bonds. The summed E-state index contributed by atoms with van der Waals surface area (Å²) < 4.78 is 0. The molecule has 0 aromatic heterocycles. The van der Waals surface area contributed by atoms with Crippen molar-refractivity contribution in [1.82, 2.24) is 4.90 Å². The lowest BCUT2D eigenvalue weighted by atomic mass is 10.5. The highest BCUT2D eigenvalue weighted by atomic mass is 16.7. The van der Waals surface area contributed by atoms with E-state index in [4.69, 9.17) is 4.84 Å². The highest BCUT2D eigenvalue weighted by Gasteiger charge is 2.35. The van der Waals surface area contributed by atoms with Gasteiger partial charge in [-0.1, -0.05) is 0 Å². The largest absolute Gasteiger partial charge is 0.543 e. The summed E-state index contributed by atoms with van der Waals surface area (Å²) in [7, 11) is 3.23. The van der Waals surface area contributed by atoms with Crippen LogP contribution in [0.1, 0.15) is 0 Å². The van der Waals surface area contributed by atoms with Gasteiger partial charge in [0.05, 0.1) is 13.7 Å². The van der Waals surface area contributed by atoms with E-state index in [-0.39, 0.29) is 0 Å². The molecule has 1 saturated heterocycles. The van der Waals surface area contributed by atoms with Crippen LogP contribution in [-0.4, -0.2) is 44.3 Å². The molecule has 0 spiro atoms. The molecule has 2 unspecified atom stereocenters. The molecule has 0 saturated carbocycles. The smallest absolute Gasteiger partial charge is 0.214 e. The number of nitrogens with zero attached hydrogens (tertiary/aromatic N) is 1. The van der Waals surface area contributed by atoms with Crippen molar-refractivity contribution in [3.05, 3.63) is 0 Å². The topological polar surface area (TPSA) is 57.0 Å². The predicted octanol–water partition coefficient (Wildman–Crippen LogP) is -3.55. The molecule has 64 valence electrons. The first-order valence-electron chi connectivity index (χ1n) is 3.47. The second-order valence-corrected chi connectivity index (χ2v) is 2.62. The van der Waals surface area contributed by atoms with Crippen LogP contribution >= 0.6 is 0 Å². The van der Waals surface area contributed by atoms with E-state index in [2.05, 4.69) is 0 Å². The van der Waals surface area contributed by atoms with Crippen LogP contribution < -0.4 is 10.2 Å². The number of carboxylic acids is 1. The number of hydrogen-bond acceptors (Lipinski definition) is 4. The Balaban J connectivity index is 2.63. The summed E-state index contributed by atoms with van der Waals surface area (Å²) in [4.78, 5) is 17.1. The molecular formula is C6H12N2O3. The summed E-state index contributed by atoms with van der Waals surface area (Å²) in [6.45, 7) is 1.41. The Morgan fingerprint density at radius 3 is 2.82 bits per heavy atom. The maximum Gasteiger partial charge on any atom is 0.214 e. The summed E-state index contributed by atoms with van der Waals surface area (Å²) in [6, 6.07) is 0. The minimum absolute atomic E-state index is 0.590. The van der Waals surface area contributed by atoms with Crippen molar-refractivity contribution in [1.29, 1.82) is 0 Å². The van der Waals surface area contributed by atoms with Crippen LogP contribution in [0.5, 0.6) is 0 Å². The van der Waals surface area contributed by atoms with E-state index in [0.29, 0.717) is 11.6 Å². The van der Waals surface area contributed by atoms with E-state index in [0.717, 1.165) is 6.54 Å². The molecule has 0 aromatic carbocycles. The fourth-order valence-corrected chi connectivity index (χ4v) is 1.32. The molecule has 1 fully saturated rings. The van der Waals surface area contributed by atoms with Crippen LogP contribution in [0.3, 0.4) is 0 Å². The number of quaternary nitrogens is 1. The average Bonchev–Trinajstić information content (AvgIpc) is 2.30. The molecule has 1 rings (SSSR count). The van der Waals surface area contributed by atoms with E-state index >= 15 is 0 Å². The third kappa shape index (κ3) is 1.50. The Morgan fingerprint density at radius 2 is 2.45 bits per heavy atom. The molecule has 0 aliphatic carbocycles. The van der Waals surface area contributed by atoms with Crippen molar-refractivity contribution in [2.75, 3.05) is 27.2 Å². The highest BCUT2D eigenvalue weighted by molar-refractivity contribution is 5.69. The van der Waals surface area contributed by atoms with Gasteiger partial charge in [0.15, 0.2) is 0 Å². The van der Waals surface area contributed by atoms with Gasteiger partial charge in [-0.05, 0) is 7.05 Å². The first-order chi connectivity index (χ1) is 5.16. The molecule has 1 aliphatic heterocycles. The lowest BCUT2D eigenvalue weighted by Gasteiger charge is -2.21. The van der Waals surface area contributed by atoms with Gasteiger partial charge in [-0.25, -0.2) is 9.74 Å². The van der Waals surface area contributed by atoms with Crippen LogP contribution in [0.15, 0.2) is 0 Å². The number of nitrogens with one attached hydrogen (secondary N) is 1. The van der Waals surface area contributed by atoms with Crippen LogP contribution in [0, 0.1) is 0 Å². The zero-order valence-corrected chi connectivity index (χ0v) is 6.66. The number of carbonyl (C=O) groups excluding carboxylic acids is 1. The molecule has 0 bridgehead atoms. The zero-order chi connectivity index (χ0) is 8.43. The molecule has 1 heterocycles. The first kappa shape index (κ1) is 8.45. The van der Waals surface area contributed by atoms with Crippen LogP contribution in [0.4, 0.5) is 0 Å². The molecule has 1 aliphatic rings. The highest BCUT2D eigenvalue weighted by Crippen LogP contribution is 1.91. The van der Waals surface area contributed by atoms with Gasteiger partial charge < -0.3 is 9.90 Å². The van der Waals surface area contributed by atoms with E-state index in [1.165, 1.54) is 7.11 Å². The van der Waals surface area contributed by atoms with Gasteiger partial charge in [0.2, 0.25) is 6.17 Å². The average molecular weight is 160 g/mol. The standard InChI is InChI=1S/C6H12N2O3/c1-7-3-4-8(11-2)5(7)6(9)10/h5H,3-4H2,1-2H3,(H,9,10). The third-order valence-electron chi connectivity index (χ3n) is 1.94. The Hall–Kier alpha value is -0.650. The zero-order valence-electron chi connectivity index (χ0n) is 6.66. The Bertz CT molecular complexity index is 162. The van der Waals surface area contributed by atoms with Gasteiger partial charge >= 0.3 is 0 Å². The second-order valence-electron chi connectivity index (χ2n) is 2.62. The summed E-state index contributed by atoms with van der Waals surface area (Å²) in [6.07, 6.45) is -0.653. The lowest BCUT2D eigenvalue weighted by Crippen LogP contribution is -3.15. The number of aliphatic carboxylic acids is 1. The summed E-state index contributed by atoms with van der Waals surface area (Å²) in [5.41, 5.74) is 0. The molecule has 11 heavy (non-hydrogen) atoms. The maximum atomic E-state index is 10.5. The number of carboxylic acid groups (broad SMARTS) is 1. The number of hydroxylamine groups is 2. The second kappa shape index (κ2) is 3.17. The van der Waals surface area contributed by atoms with Crippen molar-refractivity contribution in [2.24, 2.45) is 0 Å². The van der Waals surface area contributed by atoms with E-state index in [1.807, 2.05) is 0 Å². The summed E-state index contributed by atoms with van der Waals surface area (Å²) in [5.74, 6) is -1.08. The van der Waals surface area contributed by atoms with E-state index in [1.54, 1.807) is 11.9 Å². The van der Waals surface area contributed by atoms with Crippen molar-refractivity contribution in [3.8, 4) is 0 Å². The minimum atomic E-state index is -1.08. The number of rotatable bonds is 2. The maximum absolute atomic E-state index is 10.5. The Morgan fingerprint density at radius 1 is 1.82 bits per heavy atom. The SMILES string of the molecule is CO[NH+]1CCN(C)C1C(=O)[O-]. The minimum Gasteiger partial charge on any atom is -0.543 e. The summed E-state index contributed by atoms with van der Waals surface area (Å²) >= 11 is 0. The van der Waals surface area contributed by atoms with Gasteiger partial charge in [-0.3, -0.25) is 0 Å². The van der Waals surface area contributed by atoms with Gasteiger partial charge in [-0.15, -0.1) is 0 Å². The Kier molecular flexibility index (Phi) is 2.43. The number of hydrogen-bond donors (Lipinski definition) is 1. The predicted molar refractivity (Wildman–Crippen MR) is 34.3 cm³/mol. The normalized spacial score (nSPS) is 32.5. The van der Waals surface area contributed by atoms with Crippen molar-refractivity contribution < 1.29 is 19.8 Å². The molecule has 5 heteroatoms. The Labute approximate surface area is 65.1 Å². The van der Waals surface area contributed by atoms with E-state index < -0.39 is 12.1 Å². The van der Waals surface area contributed by atoms with Crippen molar-refractivity contribution in [2.45, 2.75) is 6.17 Å². The van der Waals surface area contributed by atoms with Crippen LogP contribution in [0.2, 0.25) is 0 Å². The van der Waals surface area contributed by atoms with Crippen LogP contribution in [-0.2, 0) is 9.63 Å². The molecular weight excluding hydrogens is 148 g/mol. The summed E-state index contributed by atoms with van der Waals surface area (Å²) in [5, 5.41) is 11.1. The monoisotopic (exact) mass is 160 g/mol. The van der Waals surface area contributed by atoms with Crippen molar-refractivity contribution >= 4 is 5.97 Å². The molecule has 0 aromatic rings. The van der Waals surface area contributed by atoms with Gasteiger partial charge in [0.25, 0.3) is 0 Å².